The zero-order chi connectivity index (χ0) is 20.4. The molecule has 0 amide bonds. The minimum atomic E-state index is -1.27. The lowest BCUT2D eigenvalue weighted by molar-refractivity contribution is -0.393. The molecule has 3 N–H and O–H groups in total. The van der Waals surface area contributed by atoms with Gasteiger partial charge in [0.2, 0.25) is 0 Å². The van der Waals surface area contributed by atoms with Crippen molar-refractivity contribution in [3.63, 3.8) is 0 Å². The molecule has 0 saturated heterocycles. The highest BCUT2D eigenvalue weighted by atomic mass is 19.1. The van der Waals surface area contributed by atoms with Crippen molar-refractivity contribution < 1.29 is 24.1 Å². The number of halogens is 1. The van der Waals surface area contributed by atoms with Crippen LogP contribution in [0.5, 0.6) is 0 Å². The molecule has 10 nitrogen and oxygen atoms in total. The number of H-pyrrole nitrogens is 1. The van der Waals surface area contributed by atoms with Gasteiger partial charge in [-0.2, -0.15) is 0 Å². The Bertz CT molecular complexity index is 1100. The van der Waals surface area contributed by atoms with E-state index in [0.717, 1.165) is 18.2 Å². The first-order valence-electron chi connectivity index (χ1n) is 7.94. The number of hydrogen-bond acceptors (Lipinski definition) is 6. The van der Waals surface area contributed by atoms with Crippen LogP contribution in [0, 0.1) is 26.0 Å². The largest absolute Gasteiger partial charge is 0.480 e. The van der Waals surface area contributed by atoms with Gasteiger partial charge in [-0.1, -0.05) is 0 Å². The number of rotatable bonds is 7. The third kappa shape index (κ3) is 3.72. The lowest BCUT2D eigenvalue weighted by atomic mass is 10.0. The van der Waals surface area contributed by atoms with Gasteiger partial charge in [-0.25, -0.2) is 9.18 Å². The van der Waals surface area contributed by atoms with Gasteiger partial charge in [0, 0.05) is 29.6 Å². The Balaban J connectivity index is 1.92. The summed E-state index contributed by atoms with van der Waals surface area (Å²) in [6, 6.07) is 5.65. The Hall–Kier alpha value is -4.02. The highest BCUT2D eigenvalue weighted by molar-refractivity contribution is 5.85. The van der Waals surface area contributed by atoms with Gasteiger partial charge in [0.05, 0.1) is 15.9 Å². The third-order valence-electron chi connectivity index (χ3n) is 4.17. The summed E-state index contributed by atoms with van der Waals surface area (Å²) in [6.07, 6.45) is 1.47. The maximum Gasteiger partial charge on any atom is 0.326 e. The summed E-state index contributed by atoms with van der Waals surface area (Å²) < 4.78 is 13.3. The minimum Gasteiger partial charge on any atom is -0.480 e. The van der Waals surface area contributed by atoms with Crippen LogP contribution in [0.3, 0.4) is 0 Å². The Morgan fingerprint density at radius 2 is 1.93 bits per heavy atom. The molecule has 11 heteroatoms. The molecular weight excluding hydrogens is 375 g/mol. The lowest BCUT2D eigenvalue weighted by Crippen LogP contribution is -2.31. The molecule has 0 saturated carbocycles. The number of nitrogens with zero attached hydrogens (tertiary/aromatic N) is 2. The second kappa shape index (κ2) is 7.31. The van der Waals surface area contributed by atoms with Crippen molar-refractivity contribution >= 4 is 33.9 Å². The number of anilines is 1. The van der Waals surface area contributed by atoms with Crippen molar-refractivity contribution in [2.75, 3.05) is 5.32 Å². The number of nitro groups is 2. The van der Waals surface area contributed by atoms with Crippen LogP contribution < -0.4 is 5.32 Å². The van der Waals surface area contributed by atoms with E-state index in [9.17, 15) is 34.5 Å². The number of carboxylic acids is 1. The number of nitro benzene ring substituents is 2. The van der Waals surface area contributed by atoms with Gasteiger partial charge in [0.25, 0.3) is 11.4 Å². The molecule has 1 aromatic heterocycles. The molecule has 0 aliphatic carbocycles. The molecule has 1 atom stereocenters. The van der Waals surface area contributed by atoms with Crippen molar-refractivity contribution in [3.05, 3.63) is 74.2 Å². The highest BCUT2D eigenvalue weighted by Gasteiger charge is 2.25. The smallest absolute Gasteiger partial charge is 0.326 e. The lowest BCUT2D eigenvalue weighted by Gasteiger charge is -2.15. The predicted molar refractivity (Wildman–Crippen MR) is 96.8 cm³/mol. The molecule has 0 fully saturated rings. The van der Waals surface area contributed by atoms with Crippen LogP contribution in [0.4, 0.5) is 21.5 Å². The van der Waals surface area contributed by atoms with Gasteiger partial charge in [-0.15, -0.1) is 0 Å². The molecule has 0 bridgehead atoms. The van der Waals surface area contributed by atoms with Gasteiger partial charge in [-0.05, 0) is 29.8 Å². The zero-order valence-electron chi connectivity index (χ0n) is 14.1. The number of benzene rings is 2. The number of aliphatic carboxylic acids is 1. The van der Waals surface area contributed by atoms with Crippen LogP contribution in [-0.4, -0.2) is 31.9 Å². The summed E-state index contributed by atoms with van der Waals surface area (Å²) >= 11 is 0. The van der Waals surface area contributed by atoms with Crippen LogP contribution >= 0.6 is 0 Å². The summed E-state index contributed by atoms with van der Waals surface area (Å²) in [5, 5.41) is 34.7. The van der Waals surface area contributed by atoms with Gasteiger partial charge < -0.3 is 15.4 Å². The molecule has 2 aromatic carbocycles. The average Bonchev–Trinajstić information content (AvgIpc) is 3.02. The summed E-state index contributed by atoms with van der Waals surface area (Å²) in [5.41, 5.74) is -0.196. The first kappa shape index (κ1) is 18.8. The molecule has 3 rings (SSSR count). The summed E-state index contributed by atoms with van der Waals surface area (Å²) in [6.45, 7) is 0. The maximum atomic E-state index is 13.3. The topological polar surface area (TPSA) is 151 Å². The third-order valence-corrected chi connectivity index (χ3v) is 4.17. The highest BCUT2D eigenvalue weighted by Crippen LogP contribution is 2.30. The standard InChI is InChI=1S/C17H13FN4O6/c18-10-1-3-12-9(8-19-14(12)6-10)5-15(17(23)24)20-13-4-2-11(21(25)26)7-16(13)22(27)28/h1-4,6-8,15,19-20H,5H2,(H,23,24)/t15-/m0/s1. The number of carbonyl (C=O) groups is 1. The number of non-ortho nitro benzene ring substituents is 1. The quantitative estimate of drug-likeness (QED) is 0.415. The van der Waals surface area contributed by atoms with Crippen molar-refractivity contribution in [2.24, 2.45) is 0 Å². The molecule has 144 valence electrons. The normalized spacial score (nSPS) is 11.9. The van der Waals surface area contributed by atoms with Crippen LogP contribution in [0.15, 0.2) is 42.6 Å². The van der Waals surface area contributed by atoms with Crippen LogP contribution in [0.2, 0.25) is 0 Å². The fourth-order valence-corrected chi connectivity index (χ4v) is 2.84. The molecule has 0 spiro atoms. The maximum absolute atomic E-state index is 13.3. The van der Waals surface area contributed by atoms with Gasteiger partial charge in [0.15, 0.2) is 0 Å². The second-order valence-corrected chi connectivity index (χ2v) is 5.96. The van der Waals surface area contributed by atoms with Crippen LogP contribution in [0.25, 0.3) is 10.9 Å². The SMILES string of the molecule is O=C(O)[C@H](Cc1c[nH]c2cc(F)ccc12)Nc1ccc([N+](=O)[O-])cc1[N+](=O)[O-]. The van der Waals surface area contributed by atoms with E-state index in [1.54, 1.807) is 0 Å². The number of aromatic nitrogens is 1. The van der Waals surface area contributed by atoms with Crippen molar-refractivity contribution in [3.8, 4) is 0 Å². The predicted octanol–water partition coefficient (Wildman–Crippen LogP) is 3.23. The van der Waals surface area contributed by atoms with E-state index in [2.05, 4.69) is 10.3 Å². The Morgan fingerprint density at radius 3 is 2.57 bits per heavy atom. The van der Waals surface area contributed by atoms with Crippen molar-refractivity contribution in [2.45, 2.75) is 12.5 Å². The van der Waals surface area contributed by atoms with Crippen LogP contribution in [0.1, 0.15) is 5.56 Å². The van der Waals surface area contributed by atoms with Crippen molar-refractivity contribution in [1.29, 1.82) is 0 Å². The monoisotopic (exact) mass is 388 g/mol. The van der Waals surface area contributed by atoms with E-state index in [-0.39, 0.29) is 12.1 Å². The second-order valence-electron chi connectivity index (χ2n) is 5.96. The van der Waals surface area contributed by atoms with Gasteiger partial charge >= 0.3 is 5.97 Å². The molecular formula is C17H13FN4O6. The fraction of sp³-hybridized carbons (Fsp3) is 0.118. The fourth-order valence-electron chi connectivity index (χ4n) is 2.84. The van der Waals surface area contributed by atoms with E-state index < -0.39 is 39.0 Å². The number of fused-ring (bicyclic) bond motifs is 1. The number of nitrogens with one attached hydrogen (secondary N) is 2. The van der Waals surface area contributed by atoms with E-state index >= 15 is 0 Å². The summed E-state index contributed by atoms with van der Waals surface area (Å²) in [7, 11) is 0. The molecule has 1 heterocycles. The van der Waals surface area contributed by atoms with E-state index in [1.807, 2.05) is 0 Å². The first-order chi connectivity index (χ1) is 13.3. The molecule has 28 heavy (non-hydrogen) atoms. The van der Waals surface area contributed by atoms with Gasteiger partial charge in [0.1, 0.15) is 17.5 Å². The van der Waals surface area contributed by atoms with Crippen molar-refractivity contribution in [1.82, 2.24) is 4.98 Å². The van der Waals surface area contributed by atoms with E-state index in [0.29, 0.717) is 16.5 Å². The molecule has 0 unspecified atom stereocenters. The zero-order valence-corrected chi connectivity index (χ0v) is 14.1. The summed E-state index contributed by atoms with van der Waals surface area (Å²) in [4.78, 5) is 34.9. The number of hydrogen-bond donors (Lipinski definition) is 3. The number of carboxylic acid groups (broad SMARTS) is 1. The molecule has 0 radical (unpaired) electrons. The van der Waals surface area contributed by atoms with Gasteiger partial charge in [-0.3, -0.25) is 20.2 Å². The average molecular weight is 388 g/mol. The molecule has 0 aliphatic rings. The van der Waals surface area contributed by atoms with Crippen LogP contribution in [-0.2, 0) is 11.2 Å². The van der Waals surface area contributed by atoms with E-state index in [1.165, 1.54) is 24.4 Å². The minimum absolute atomic E-state index is 0.0604. The number of aromatic amines is 1. The Morgan fingerprint density at radius 1 is 1.18 bits per heavy atom. The first-order valence-corrected chi connectivity index (χ1v) is 7.94. The summed E-state index contributed by atoms with van der Waals surface area (Å²) in [5.74, 6) is -1.72. The van der Waals surface area contributed by atoms with E-state index in [4.69, 9.17) is 0 Å². The molecule has 3 aromatic rings. The molecule has 0 aliphatic heterocycles. The Labute approximate surface area is 155 Å². The Kier molecular flexibility index (Phi) is 4.90.